The van der Waals surface area contributed by atoms with Gasteiger partial charge in [0.2, 0.25) is 0 Å². The smallest absolute Gasteiger partial charge is 0.166 e. The average molecular weight is 413 g/mol. The first kappa shape index (κ1) is 20.0. The summed E-state index contributed by atoms with van der Waals surface area (Å²) in [7, 11) is 0. The molecule has 0 amide bonds. The molecule has 1 aliphatic rings. The number of aromatic nitrogens is 5. The van der Waals surface area contributed by atoms with Crippen LogP contribution in [-0.4, -0.2) is 44.1 Å². The van der Waals surface area contributed by atoms with Crippen molar-refractivity contribution in [1.82, 2.24) is 24.7 Å². The van der Waals surface area contributed by atoms with Crippen LogP contribution in [0.25, 0.3) is 11.1 Å². The molecule has 1 aliphatic heterocycles. The minimum Gasteiger partial charge on any atom is -0.490 e. The van der Waals surface area contributed by atoms with Crippen LogP contribution >= 0.6 is 0 Å². The van der Waals surface area contributed by atoms with E-state index in [1.54, 1.807) is 18.5 Å². The Morgan fingerprint density at radius 2 is 2.00 bits per heavy atom. The first-order valence-corrected chi connectivity index (χ1v) is 9.73. The number of nitrogens with two attached hydrogens (primary N) is 1. The van der Waals surface area contributed by atoms with Crippen LogP contribution in [0.15, 0.2) is 30.7 Å². The lowest BCUT2D eigenvalue weighted by Crippen LogP contribution is -2.30. The number of rotatable bonds is 7. The van der Waals surface area contributed by atoms with E-state index in [0.717, 1.165) is 11.1 Å². The van der Waals surface area contributed by atoms with Crippen LogP contribution in [0.4, 0.5) is 21.8 Å². The van der Waals surface area contributed by atoms with Crippen LogP contribution in [0.3, 0.4) is 0 Å². The zero-order chi connectivity index (χ0) is 21.3. The van der Waals surface area contributed by atoms with Crippen LogP contribution in [0.2, 0.25) is 0 Å². The van der Waals surface area contributed by atoms with Crippen molar-refractivity contribution in [3.8, 4) is 16.9 Å². The average Bonchev–Trinajstić information content (AvgIpc) is 3.08. The third-order valence-electron chi connectivity index (χ3n) is 4.51. The first-order chi connectivity index (χ1) is 14.4. The number of nitrogens with zero attached hydrogens (tertiary/aromatic N) is 5. The molecule has 0 spiro atoms. The van der Waals surface area contributed by atoms with Gasteiger partial charge in [-0.1, -0.05) is 0 Å². The summed E-state index contributed by atoms with van der Waals surface area (Å²) in [5, 5.41) is 7.48. The van der Waals surface area contributed by atoms with Gasteiger partial charge in [-0.05, 0) is 20.8 Å². The highest BCUT2D eigenvalue weighted by molar-refractivity contribution is 5.71. The minimum atomic E-state index is -1.33. The molecule has 3 N–H and O–H groups in total. The standard InChI is InChI=1S/C20H24FN7O2/c1-11(2)30-16-4-18(26-19-5-17(22)25-20(27-19)12(3)21)23-7-15(16)13-6-24-28(8-13)14-9-29-10-14/h4-8,11-12,14H,9-10H2,1-3H3,(H3,22,23,25,26,27)/t12-/m0/s1. The van der Waals surface area contributed by atoms with E-state index >= 15 is 0 Å². The Bertz CT molecular complexity index is 1030. The van der Waals surface area contributed by atoms with Gasteiger partial charge in [0.05, 0.1) is 31.6 Å². The van der Waals surface area contributed by atoms with Gasteiger partial charge in [0.1, 0.15) is 23.2 Å². The van der Waals surface area contributed by atoms with Crippen molar-refractivity contribution in [2.45, 2.75) is 39.1 Å². The number of nitrogens with one attached hydrogen (secondary N) is 1. The molecule has 1 fully saturated rings. The highest BCUT2D eigenvalue weighted by atomic mass is 19.1. The molecule has 4 heterocycles. The number of anilines is 3. The Kier molecular flexibility index (Phi) is 5.49. The third kappa shape index (κ3) is 4.33. The number of pyridine rings is 1. The highest BCUT2D eigenvalue weighted by Gasteiger charge is 2.22. The lowest BCUT2D eigenvalue weighted by atomic mass is 10.1. The van der Waals surface area contributed by atoms with Gasteiger partial charge in [-0.2, -0.15) is 5.10 Å². The summed E-state index contributed by atoms with van der Waals surface area (Å²) >= 11 is 0. The number of alkyl halides is 1. The molecule has 0 aromatic carbocycles. The minimum absolute atomic E-state index is 0.0140. The van der Waals surface area contributed by atoms with Crippen LogP contribution < -0.4 is 15.8 Å². The molecule has 3 aromatic heterocycles. The van der Waals surface area contributed by atoms with Crippen molar-refractivity contribution < 1.29 is 13.9 Å². The zero-order valence-corrected chi connectivity index (χ0v) is 17.0. The van der Waals surface area contributed by atoms with Crippen molar-refractivity contribution in [2.24, 2.45) is 0 Å². The lowest BCUT2D eigenvalue weighted by molar-refractivity contribution is -0.0286. The fourth-order valence-corrected chi connectivity index (χ4v) is 2.98. The van der Waals surface area contributed by atoms with E-state index < -0.39 is 6.17 Å². The number of nitrogen functional groups attached to an aromatic ring is 1. The highest BCUT2D eigenvalue weighted by Crippen LogP contribution is 2.33. The Labute approximate surface area is 173 Å². The van der Waals surface area contributed by atoms with Gasteiger partial charge in [0.15, 0.2) is 12.0 Å². The maximum Gasteiger partial charge on any atom is 0.166 e. The Balaban J connectivity index is 1.63. The maximum atomic E-state index is 13.6. The number of halogens is 1. The Morgan fingerprint density at radius 1 is 1.20 bits per heavy atom. The summed E-state index contributed by atoms with van der Waals surface area (Å²) in [4.78, 5) is 12.5. The Morgan fingerprint density at radius 3 is 2.67 bits per heavy atom. The molecule has 1 atom stereocenters. The normalized spacial score (nSPS) is 15.1. The van der Waals surface area contributed by atoms with Gasteiger partial charge in [-0.25, -0.2) is 19.3 Å². The SMILES string of the molecule is CC(C)Oc1cc(Nc2cc(N)nc([C@H](C)F)n2)ncc1-c1cnn(C2COC2)c1. The van der Waals surface area contributed by atoms with Crippen LogP contribution in [0.1, 0.15) is 38.8 Å². The van der Waals surface area contributed by atoms with Gasteiger partial charge in [-0.3, -0.25) is 4.68 Å². The van der Waals surface area contributed by atoms with Gasteiger partial charge in [0.25, 0.3) is 0 Å². The topological polar surface area (TPSA) is 113 Å². The number of hydrogen-bond acceptors (Lipinski definition) is 8. The van der Waals surface area contributed by atoms with Crippen molar-refractivity contribution in [3.63, 3.8) is 0 Å². The van der Waals surface area contributed by atoms with E-state index in [-0.39, 0.29) is 23.8 Å². The monoisotopic (exact) mass is 413 g/mol. The van der Waals surface area contributed by atoms with E-state index in [1.165, 1.54) is 13.0 Å². The van der Waals surface area contributed by atoms with Gasteiger partial charge in [-0.15, -0.1) is 0 Å². The molecule has 0 unspecified atom stereocenters. The summed E-state index contributed by atoms with van der Waals surface area (Å²) in [6.07, 6.45) is 4.09. The summed E-state index contributed by atoms with van der Waals surface area (Å²) in [6.45, 7) is 6.59. The molecule has 0 aliphatic carbocycles. The second-order valence-electron chi connectivity index (χ2n) is 7.41. The van der Waals surface area contributed by atoms with Crippen molar-refractivity contribution in [1.29, 1.82) is 0 Å². The summed E-state index contributed by atoms with van der Waals surface area (Å²) in [5.74, 6) is 1.68. The fraction of sp³-hybridized carbons (Fsp3) is 0.400. The van der Waals surface area contributed by atoms with Crippen molar-refractivity contribution in [2.75, 3.05) is 24.3 Å². The van der Waals surface area contributed by atoms with Crippen molar-refractivity contribution >= 4 is 17.5 Å². The lowest BCUT2D eigenvalue weighted by Gasteiger charge is -2.25. The van der Waals surface area contributed by atoms with E-state index in [4.69, 9.17) is 15.2 Å². The molecule has 158 valence electrons. The van der Waals surface area contributed by atoms with Crippen LogP contribution in [-0.2, 0) is 4.74 Å². The van der Waals surface area contributed by atoms with E-state index in [0.29, 0.717) is 30.6 Å². The molecule has 0 bridgehead atoms. The number of ether oxygens (including phenoxy) is 2. The number of hydrogen-bond donors (Lipinski definition) is 2. The second kappa shape index (κ2) is 8.23. The quantitative estimate of drug-likeness (QED) is 0.606. The molecule has 3 aromatic rings. The molecule has 30 heavy (non-hydrogen) atoms. The summed E-state index contributed by atoms with van der Waals surface area (Å²) in [5.41, 5.74) is 7.49. The van der Waals surface area contributed by atoms with Gasteiger partial charge >= 0.3 is 0 Å². The second-order valence-corrected chi connectivity index (χ2v) is 7.41. The summed E-state index contributed by atoms with van der Waals surface area (Å²) in [6, 6.07) is 3.56. The third-order valence-corrected chi connectivity index (χ3v) is 4.51. The molecule has 1 saturated heterocycles. The molecule has 4 rings (SSSR count). The molecule has 0 radical (unpaired) electrons. The first-order valence-electron chi connectivity index (χ1n) is 9.73. The largest absolute Gasteiger partial charge is 0.490 e. The Hall–Kier alpha value is -3.27. The summed E-state index contributed by atoms with van der Waals surface area (Å²) < 4.78 is 26.8. The van der Waals surface area contributed by atoms with Crippen molar-refractivity contribution in [3.05, 3.63) is 36.5 Å². The molecule has 0 saturated carbocycles. The van der Waals surface area contributed by atoms with Crippen LogP contribution in [0, 0.1) is 0 Å². The molecular formula is C20H24FN7O2. The van der Waals surface area contributed by atoms with E-state index in [1.807, 2.05) is 24.7 Å². The predicted molar refractivity (Wildman–Crippen MR) is 110 cm³/mol. The molecule has 10 heteroatoms. The molecular weight excluding hydrogens is 389 g/mol. The fourth-order valence-electron chi connectivity index (χ4n) is 2.98. The van der Waals surface area contributed by atoms with Gasteiger partial charge < -0.3 is 20.5 Å². The van der Waals surface area contributed by atoms with Gasteiger partial charge in [0, 0.05) is 35.7 Å². The van der Waals surface area contributed by atoms with E-state index in [2.05, 4.69) is 25.4 Å². The zero-order valence-electron chi connectivity index (χ0n) is 17.0. The predicted octanol–water partition coefficient (Wildman–Crippen LogP) is 3.45. The van der Waals surface area contributed by atoms with Crippen LogP contribution in [0.5, 0.6) is 5.75 Å². The molecule has 9 nitrogen and oxygen atoms in total. The maximum absolute atomic E-state index is 13.6. The van der Waals surface area contributed by atoms with E-state index in [9.17, 15) is 4.39 Å².